The Morgan fingerprint density at radius 3 is 2.41 bits per heavy atom. The number of nitrogens with zero attached hydrogens (tertiary/aromatic N) is 3. The standard InChI is InChI=1S/C17H19N3O2/c21-17(22)14-5-10-20(11-6-14)16(13-3-8-18-9-4-13)15-2-1-7-19-12-15/h1-4,7-9,12,14,16H,5-6,10-11H2,(H,21,22). The topological polar surface area (TPSA) is 66.3 Å². The minimum atomic E-state index is -0.679. The first-order valence-electron chi connectivity index (χ1n) is 7.52. The number of piperidine rings is 1. The number of hydrogen-bond donors (Lipinski definition) is 1. The predicted octanol–water partition coefficient (Wildman–Crippen LogP) is 2.36. The molecule has 1 saturated heterocycles. The van der Waals surface area contributed by atoms with Gasteiger partial charge in [0.15, 0.2) is 0 Å². The van der Waals surface area contributed by atoms with E-state index in [1.807, 2.05) is 24.4 Å². The highest BCUT2D eigenvalue weighted by Gasteiger charge is 2.30. The molecule has 1 atom stereocenters. The van der Waals surface area contributed by atoms with Crippen molar-refractivity contribution in [2.24, 2.45) is 5.92 Å². The molecule has 5 heteroatoms. The van der Waals surface area contributed by atoms with E-state index in [4.69, 9.17) is 5.11 Å². The Morgan fingerprint density at radius 1 is 1.09 bits per heavy atom. The molecule has 3 heterocycles. The molecule has 1 unspecified atom stereocenters. The molecular formula is C17H19N3O2. The largest absolute Gasteiger partial charge is 0.481 e. The van der Waals surface area contributed by atoms with E-state index in [9.17, 15) is 4.79 Å². The van der Waals surface area contributed by atoms with Crippen LogP contribution in [-0.2, 0) is 4.79 Å². The second kappa shape index (κ2) is 6.66. The van der Waals surface area contributed by atoms with Crippen LogP contribution in [0.3, 0.4) is 0 Å². The van der Waals surface area contributed by atoms with Crippen LogP contribution in [0.1, 0.15) is 30.0 Å². The van der Waals surface area contributed by atoms with E-state index in [1.54, 1.807) is 18.6 Å². The van der Waals surface area contributed by atoms with Gasteiger partial charge in [-0.1, -0.05) is 6.07 Å². The van der Waals surface area contributed by atoms with Crippen LogP contribution in [0.15, 0.2) is 49.1 Å². The maximum atomic E-state index is 11.1. The number of hydrogen-bond acceptors (Lipinski definition) is 4. The number of likely N-dealkylation sites (tertiary alicyclic amines) is 1. The van der Waals surface area contributed by atoms with Crippen LogP contribution in [0.25, 0.3) is 0 Å². The summed E-state index contributed by atoms with van der Waals surface area (Å²) in [5.74, 6) is -0.898. The maximum absolute atomic E-state index is 11.1. The number of pyridine rings is 2. The van der Waals surface area contributed by atoms with E-state index in [-0.39, 0.29) is 12.0 Å². The van der Waals surface area contributed by atoms with Crippen LogP contribution in [-0.4, -0.2) is 39.0 Å². The fourth-order valence-corrected chi connectivity index (χ4v) is 3.10. The second-order valence-corrected chi connectivity index (χ2v) is 5.62. The molecule has 0 aromatic carbocycles. The molecule has 1 fully saturated rings. The highest BCUT2D eigenvalue weighted by atomic mass is 16.4. The second-order valence-electron chi connectivity index (χ2n) is 5.62. The zero-order chi connectivity index (χ0) is 15.4. The molecule has 22 heavy (non-hydrogen) atoms. The van der Waals surface area contributed by atoms with Gasteiger partial charge in [-0.2, -0.15) is 0 Å². The van der Waals surface area contributed by atoms with Gasteiger partial charge in [-0.15, -0.1) is 0 Å². The van der Waals surface area contributed by atoms with E-state index in [2.05, 4.69) is 20.9 Å². The molecule has 3 rings (SSSR count). The molecule has 0 saturated carbocycles. The molecule has 2 aromatic rings. The van der Waals surface area contributed by atoms with Crippen molar-refractivity contribution in [3.05, 3.63) is 60.2 Å². The van der Waals surface area contributed by atoms with Crippen molar-refractivity contribution in [2.75, 3.05) is 13.1 Å². The number of rotatable bonds is 4. The molecule has 1 aliphatic heterocycles. The van der Waals surface area contributed by atoms with Gasteiger partial charge in [0.2, 0.25) is 0 Å². The molecule has 1 N–H and O–H groups in total. The summed E-state index contributed by atoms with van der Waals surface area (Å²) in [7, 11) is 0. The van der Waals surface area contributed by atoms with E-state index in [1.165, 1.54) is 0 Å². The number of aliphatic carboxylic acids is 1. The molecule has 0 spiro atoms. The number of carboxylic acids is 1. The fraction of sp³-hybridized carbons (Fsp3) is 0.353. The first kappa shape index (κ1) is 14.7. The van der Waals surface area contributed by atoms with Gasteiger partial charge >= 0.3 is 5.97 Å². The summed E-state index contributed by atoms with van der Waals surface area (Å²) in [6, 6.07) is 8.14. The van der Waals surface area contributed by atoms with Crippen LogP contribution >= 0.6 is 0 Å². The molecule has 0 bridgehead atoms. The van der Waals surface area contributed by atoms with Crippen LogP contribution in [0.2, 0.25) is 0 Å². The zero-order valence-corrected chi connectivity index (χ0v) is 12.3. The third-order valence-electron chi connectivity index (χ3n) is 4.27. The minimum absolute atomic E-state index is 0.103. The summed E-state index contributed by atoms with van der Waals surface area (Å²) in [5, 5.41) is 9.16. The predicted molar refractivity (Wildman–Crippen MR) is 82.2 cm³/mol. The number of carbonyl (C=O) groups is 1. The van der Waals surface area contributed by atoms with Crippen LogP contribution < -0.4 is 0 Å². The summed E-state index contributed by atoms with van der Waals surface area (Å²) in [6.07, 6.45) is 8.62. The molecular weight excluding hydrogens is 278 g/mol. The van der Waals surface area contributed by atoms with E-state index < -0.39 is 5.97 Å². The Hall–Kier alpha value is -2.27. The summed E-state index contributed by atoms with van der Waals surface area (Å²) in [4.78, 5) is 21.8. The average Bonchev–Trinajstić information content (AvgIpc) is 2.57. The van der Waals surface area contributed by atoms with Crippen molar-refractivity contribution in [1.82, 2.24) is 14.9 Å². The van der Waals surface area contributed by atoms with Gasteiger partial charge in [0, 0.05) is 24.8 Å². The van der Waals surface area contributed by atoms with Gasteiger partial charge < -0.3 is 5.11 Å². The Bertz CT molecular complexity index is 571. The fourth-order valence-electron chi connectivity index (χ4n) is 3.10. The average molecular weight is 297 g/mol. The van der Waals surface area contributed by atoms with Crippen molar-refractivity contribution >= 4 is 5.97 Å². The lowest BCUT2D eigenvalue weighted by molar-refractivity contribution is -0.143. The quantitative estimate of drug-likeness (QED) is 0.938. The summed E-state index contributed by atoms with van der Waals surface area (Å²) in [6.45, 7) is 1.55. The molecule has 0 radical (unpaired) electrons. The third kappa shape index (κ3) is 3.14. The third-order valence-corrected chi connectivity index (χ3v) is 4.27. The van der Waals surface area contributed by atoms with Crippen molar-refractivity contribution in [3.8, 4) is 0 Å². The minimum Gasteiger partial charge on any atom is -0.481 e. The summed E-state index contributed by atoms with van der Waals surface area (Å²) < 4.78 is 0. The Balaban J connectivity index is 1.86. The van der Waals surface area contributed by atoms with Gasteiger partial charge in [-0.3, -0.25) is 19.7 Å². The van der Waals surface area contributed by atoms with Gasteiger partial charge in [-0.05, 0) is 55.3 Å². The van der Waals surface area contributed by atoms with Crippen molar-refractivity contribution < 1.29 is 9.90 Å². The number of aromatic nitrogens is 2. The maximum Gasteiger partial charge on any atom is 0.306 e. The van der Waals surface area contributed by atoms with E-state index in [0.29, 0.717) is 12.8 Å². The van der Waals surface area contributed by atoms with Gasteiger partial charge in [0.1, 0.15) is 0 Å². The zero-order valence-electron chi connectivity index (χ0n) is 12.3. The van der Waals surface area contributed by atoms with E-state index in [0.717, 1.165) is 24.2 Å². The smallest absolute Gasteiger partial charge is 0.306 e. The summed E-state index contributed by atoms with van der Waals surface area (Å²) >= 11 is 0. The lowest BCUT2D eigenvalue weighted by Crippen LogP contribution is -2.39. The van der Waals surface area contributed by atoms with Crippen LogP contribution in [0.5, 0.6) is 0 Å². The molecule has 1 aliphatic rings. The molecule has 114 valence electrons. The number of carboxylic acid groups (broad SMARTS) is 1. The van der Waals surface area contributed by atoms with Gasteiger partial charge in [0.05, 0.1) is 12.0 Å². The Labute approximate surface area is 129 Å². The van der Waals surface area contributed by atoms with Crippen LogP contribution in [0.4, 0.5) is 0 Å². The lowest BCUT2D eigenvalue weighted by Gasteiger charge is -2.36. The molecule has 5 nitrogen and oxygen atoms in total. The van der Waals surface area contributed by atoms with E-state index >= 15 is 0 Å². The summed E-state index contributed by atoms with van der Waals surface area (Å²) in [5.41, 5.74) is 2.29. The molecule has 2 aromatic heterocycles. The monoisotopic (exact) mass is 297 g/mol. The van der Waals surface area contributed by atoms with Crippen molar-refractivity contribution in [3.63, 3.8) is 0 Å². The normalized spacial score (nSPS) is 18.0. The Morgan fingerprint density at radius 2 is 1.82 bits per heavy atom. The highest BCUT2D eigenvalue weighted by molar-refractivity contribution is 5.70. The lowest BCUT2D eigenvalue weighted by atomic mass is 9.92. The van der Waals surface area contributed by atoms with Gasteiger partial charge in [0.25, 0.3) is 0 Å². The van der Waals surface area contributed by atoms with Gasteiger partial charge in [-0.25, -0.2) is 0 Å². The SMILES string of the molecule is O=C(O)C1CCN(C(c2ccncc2)c2cccnc2)CC1. The Kier molecular flexibility index (Phi) is 4.44. The molecule has 0 aliphatic carbocycles. The van der Waals surface area contributed by atoms with Crippen LogP contribution in [0, 0.1) is 5.92 Å². The first-order valence-corrected chi connectivity index (χ1v) is 7.52. The highest BCUT2D eigenvalue weighted by Crippen LogP contribution is 2.31. The molecule has 0 amide bonds. The van der Waals surface area contributed by atoms with Crippen molar-refractivity contribution in [2.45, 2.75) is 18.9 Å². The van der Waals surface area contributed by atoms with Crippen molar-refractivity contribution in [1.29, 1.82) is 0 Å². The first-order chi connectivity index (χ1) is 10.8.